The Morgan fingerprint density at radius 3 is 2.66 bits per heavy atom. The van der Waals surface area contributed by atoms with Crippen molar-refractivity contribution in [1.82, 2.24) is 5.32 Å². The zero-order valence-corrected chi connectivity index (χ0v) is 23.0. The fraction of sp³-hybridized carbons (Fsp3) is 0.613. The minimum atomic E-state index is 0.142. The van der Waals surface area contributed by atoms with Crippen molar-refractivity contribution in [3.63, 3.8) is 0 Å². The first-order chi connectivity index (χ1) is 18.7. The molecule has 1 saturated heterocycles. The first-order valence-corrected chi connectivity index (χ1v) is 14.2. The second-order valence-corrected chi connectivity index (χ2v) is 10.9. The Morgan fingerprint density at radius 1 is 0.974 bits per heavy atom. The van der Waals surface area contributed by atoms with Crippen LogP contribution in [0.2, 0.25) is 0 Å². The lowest BCUT2D eigenvalue weighted by Gasteiger charge is -2.33. The fourth-order valence-corrected chi connectivity index (χ4v) is 5.75. The molecule has 0 radical (unpaired) electrons. The topological polar surface area (TPSA) is 61.4 Å². The number of hydrogen-bond donors (Lipinski definition) is 1. The van der Waals surface area contributed by atoms with Crippen LogP contribution in [0.1, 0.15) is 41.9 Å². The van der Waals surface area contributed by atoms with Crippen LogP contribution in [0, 0.1) is 11.8 Å². The summed E-state index contributed by atoms with van der Waals surface area (Å²) < 4.78 is 28.9. The van der Waals surface area contributed by atoms with E-state index in [4.69, 9.17) is 23.7 Å². The van der Waals surface area contributed by atoms with Crippen LogP contribution in [0.25, 0.3) is 0 Å². The van der Waals surface area contributed by atoms with Gasteiger partial charge in [0, 0.05) is 46.4 Å². The van der Waals surface area contributed by atoms with Gasteiger partial charge in [-0.1, -0.05) is 30.3 Å². The number of benzene rings is 2. The molecule has 2 aromatic carbocycles. The van der Waals surface area contributed by atoms with Gasteiger partial charge >= 0.3 is 0 Å². The number of rotatable bonds is 14. The predicted molar refractivity (Wildman–Crippen MR) is 149 cm³/mol. The number of nitrogens with one attached hydrogen (secondary N) is 1. The largest absolute Gasteiger partial charge is 0.490 e. The summed E-state index contributed by atoms with van der Waals surface area (Å²) in [4.78, 5) is 2.40. The first kappa shape index (κ1) is 27.4. The lowest BCUT2D eigenvalue weighted by molar-refractivity contribution is 0.0106. The maximum atomic E-state index is 6.54. The first-order valence-electron chi connectivity index (χ1n) is 14.2. The van der Waals surface area contributed by atoms with Crippen LogP contribution in [0.4, 0.5) is 5.69 Å². The Labute approximate surface area is 227 Å². The molecule has 5 rings (SSSR count). The minimum absolute atomic E-state index is 0.142. The molecule has 1 aliphatic carbocycles. The zero-order valence-electron chi connectivity index (χ0n) is 23.0. The van der Waals surface area contributed by atoms with Gasteiger partial charge in [0.1, 0.15) is 12.4 Å². The van der Waals surface area contributed by atoms with Gasteiger partial charge in [-0.2, -0.15) is 0 Å². The van der Waals surface area contributed by atoms with E-state index in [1.54, 1.807) is 14.2 Å². The molecule has 4 atom stereocenters. The van der Waals surface area contributed by atoms with E-state index < -0.39 is 0 Å². The molecule has 0 bridgehead atoms. The summed E-state index contributed by atoms with van der Waals surface area (Å²) in [5.41, 5.74) is 4.94. The quantitative estimate of drug-likeness (QED) is 0.368. The van der Waals surface area contributed by atoms with Crippen molar-refractivity contribution in [3.05, 3.63) is 59.2 Å². The molecule has 208 valence electrons. The SMILES string of the molecule is COCCCN1CCOc2ccc(CO[C@H]3CNCCC3c3ccc(COCC4C[C@@H]4COC)cc3)cc21. The van der Waals surface area contributed by atoms with Crippen LogP contribution in [-0.2, 0) is 32.2 Å². The van der Waals surface area contributed by atoms with Crippen molar-refractivity contribution in [3.8, 4) is 5.75 Å². The number of fused-ring (bicyclic) bond motifs is 1. The molecule has 7 nitrogen and oxygen atoms in total. The third-order valence-electron chi connectivity index (χ3n) is 8.11. The molecule has 2 unspecified atom stereocenters. The summed E-state index contributed by atoms with van der Waals surface area (Å²) in [5.74, 6) is 2.71. The number of piperidine rings is 1. The van der Waals surface area contributed by atoms with E-state index in [1.807, 2.05) is 0 Å². The normalized spacial score (nSPS) is 24.6. The summed E-state index contributed by atoms with van der Waals surface area (Å²) in [7, 11) is 3.53. The summed E-state index contributed by atoms with van der Waals surface area (Å²) in [6.45, 7) is 8.23. The van der Waals surface area contributed by atoms with Crippen LogP contribution in [0.3, 0.4) is 0 Å². The molecule has 1 N–H and O–H groups in total. The highest BCUT2D eigenvalue weighted by Crippen LogP contribution is 2.39. The highest BCUT2D eigenvalue weighted by atomic mass is 16.5. The van der Waals surface area contributed by atoms with Gasteiger partial charge < -0.3 is 33.9 Å². The van der Waals surface area contributed by atoms with E-state index in [1.165, 1.54) is 28.8 Å². The number of hydrogen-bond acceptors (Lipinski definition) is 7. The van der Waals surface area contributed by atoms with Gasteiger partial charge in [0.05, 0.1) is 38.2 Å². The van der Waals surface area contributed by atoms with E-state index in [0.29, 0.717) is 31.0 Å². The Morgan fingerprint density at radius 2 is 1.82 bits per heavy atom. The fourth-order valence-electron chi connectivity index (χ4n) is 5.75. The van der Waals surface area contributed by atoms with E-state index >= 15 is 0 Å². The van der Waals surface area contributed by atoms with Gasteiger partial charge in [0.15, 0.2) is 0 Å². The van der Waals surface area contributed by atoms with Gasteiger partial charge in [0.25, 0.3) is 0 Å². The van der Waals surface area contributed by atoms with Crippen molar-refractivity contribution in [2.75, 3.05) is 71.7 Å². The van der Waals surface area contributed by atoms with Crippen molar-refractivity contribution in [2.24, 2.45) is 11.8 Å². The molecule has 1 saturated carbocycles. The third kappa shape index (κ3) is 7.27. The molecule has 0 spiro atoms. The zero-order chi connectivity index (χ0) is 26.2. The van der Waals surface area contributed by atoms with Gasteiger partial charge in [-0.25, -0.2) is 0 Å². The predicted octanol–water partition coefficient (Wildman–Crippen LogP) is 4.38. The van der Waals surface area contributed by atoms with Gasteiger partial charge in [0.2, 0.25) is 0 Å². The molecule has 2 aliphatic heterocycles. The van der Waals surface area contributed by atoms with Crippen molar-refractivity contribution < 1.29 is 23.7 Å². The van der Waals surface area contributed by atoms with Crippen LogP contribution < -0.4 is 15.0 Å². The molecule has 2 heterocycles. The minimum Gasteiger partial charge on any atom is -0.490 e. The van der Waals surface area contributed by atoms with Crippen LogP contribution in [-0.4, -0.2) is 72.9 Å². The monoisotopic (exact) mass is 524 g/mol. The smallest absolute Gasteiger partial charge is 0.142 e. The molecule has 0 amide bonds. The molecule has 38 heavy (non-hydrogen) atoms. The number of nitrogens with zero attached hydrogens (tertiary/aromatic N) is 1. The summed E-state index contributed by atoms with van der Waals surface area (Å²) in [5, 5.41) is 3.53. The van der Waals surface area contributed by atoms with E-state index in [2.05, 4.69) is 52.7 Å². The Kier molecular flexibility index (Phi) is 9.93. The summed E-state index contributed by atoms with van der Waals surface area (Å²) in [6, 6.07) is 15.4. The average Bonchev–Trinajstić information content (AvgIpc) is 3.70. The van der Waals surface area contributed by atoms with Crippen molar-refractivity contribution >= 4 is 5.69 Å². The standard InChI is InChI=1S/C31H44N2O5/c1-34-14-3-12-33-13-15-37-30-9-6-24(16-29(30)33)20-38-31-18-32-11-10-28(31)25-7-4-23(5-8-25)19-36-22-27-17-26(27)21-35-2/h4-9,16,26-28,31-32H,3,10-15,17-22H2,1-2H3/t26-,27?,28?,31+/m1/s1. The van der Waals surface area contributed by atoms with Crippen LogP contribution in [0.15, 0.2) is 42.5 Å². The molecule has 2 fully saturated rings. The number of methoxy groups -OCH3 is 2. The molecule has 0 aromatic heterocycles. The number of ether oxygens (including phenoxy) is 5. The molecular weight excluding hydrogens is 480 g/mol. The van der Waals surface area contributed by atoms with Crippen LogP contribution in [0.5, 0.6) is 5.75 Å². The molecule has 3 aliphatic rings. The van der Waals surface area contributed by atoms with Gasteiger partial charge in [-0.15, -0.1) is 0 Å². The maximum Gasteiger partial charge on any atom is 0.142 e. The van der Waals surface area contributed by atoms with Gasteiger partial charge in [-0.05, 0) is 66.5 Å². The van der Waals surface area contributed by atoms with E-state index in [0.717, 1.165) is 71.2 Å². The Balaban J connectivity index is 1.14. The van der Waals surface area contributed by atoms with Crippen LogP contribution >= 0.6 is 0 Å². The highest BCUT2D eigenvalue weighted by molar-refractivity contribution is 5.61. The van der Waals surface area contributed by atoms with Crippen molar-refractivity contribution in [1.29, 1.82) is 0 Å². The van der Waals surface area contributed by atoms with E-state index in [9.17, 15) is 0 Å². The Bertz CT molecular complexity index is 1000. The second kappa shape index (κ2) is 13.8. The molecule has 7 heteroatoms. The Hall–Kier alpha value is -2.16. The maximum absolute atomic E-state index is 6.54. The lowest BCUT2D eigenvalue weighted by Crippen LogP contribution is -2.41. The summed E-state index contributed by atoms with van der Waals surface area (Å²) >= 11 is 0. The second-order valence-electron chi connectivity index (χ2n) is 10.9. The number of anilines is 1. The lowest BCUT2D eigenvalue weighted by atomic mass is 9.87. The van der Waals surface area contributed by atoms with Crippen molar-refractivity contribution in [2.45, 2.75) is 44.5 Å². The summed E-state index contributed by atoms with van der Waals surface area (Å²) in [6.07, 6.45) is 3.46. The molecular formula is C31H44N2O5. The van der Waals surface area contributed by atoms with Gasteiger partial charge in [-0.3, -0.25) is 0 Å². The van der Waals surface area contributed by atoms with E-state index in [-0.39, 0.29) is 6.10 Å². The third-order valence-corrected chi connectivity index (χ3v) is 8.11. The molecule has 2 aromatic rings. The highest BCUT2D eigenvalue weighted by Gasteiger charge is 2.36. The average molecular weight is 525 g/mol.